The number of carbonyl (C=O) groups is 2. The van der Waals surface area contributed by atoms with Crippen molar-refractivity contribution < 1.29 is 14.7 Å². The van der Waals surface area contributed by atoms with Crippen LogP contribution in [0.5, 0.6) is 0 Å². The highest BCUT2D eigenvalue weighted by Gasteiger charge is 2.13. The maximum atomic E-state index is 11.5. The van der Waals surface area contributed by atoms with Crippen LogP contribution in [0.3, 0.4) is 0 Å². The Balaban J connectivity index is 1.95. The summed E-state index contributed by atoms with van der Waals surface area (Å²) in [5.74, 6) is -0.0500. The van der Waals surface area contributed by atoms with Crippen LogP contribution in [-0.2, 0) is 13.0 Å². The summed E-state index contributed by atoms with van der Waals surface area (Å²) in [6.45, 7) is 2.65. The second-order valence-electron chi connectivity index (χ2n) is 6.46. The van der Waals surface area contributed by atoms with E-state index in [1.807, 2.05) is 41.0 Å². The molecule has 5 nitrogen and oxygen atoms in total. The van der Waals surface area contributed by atoms with Crippen LogP contribution in [0, 0.1) is 0 Å². The molecule has 1 aromatic heterocycles. The molecule has 0 spiro atoms. The molecule has 0 fully saturated rings. The first-order chi connectivity index (χ1) is 13.1. The molecule has 0 radical (unpaired) electrons. The summed E-state index contributed by atoms with van der Waals surface area (Å²) in [5, 5.41) is 9.44. The molecule has 1 N–H and O–H groups in total. The number of aromatic nitrogens is 2. The first kappa shape index (κ1) is 18.6. The number of nitrogens with zero attached hydrogens (tertiary/aromatic N) is 2. The zero-order valence-electron chi connectivity index (χ0n) is 15.3. The van der Waals surface area contributed by atoms with Gasteiger partial charge in [0.25, 0.3) is 0 Å². The van der Waals surface area contributed by atoms with Crippen LogP contribution < -0.4 is 0 Å². The molecule has 1 heterocycles. The molecular formula is C22H22N2O3. The van der Waals surface area contributed by atoms with Gasteiger partial charge in [0.1, 0.15) is 11.5 Å². The van der Waals surface area contributed by atoms with Crippen LogP contribution in [0.2, 0.25) is 0 Å². The number of carboxylic acids is 1. The van der Waals surface area contributed by atoms with Gasteiger partial charge in [-0.2, -0.15) is 0 Å². The lowest BCUT2D eigenvalue weighted by Crippen LogP contribution is -2.09. The van der Waals surface area contributed by atoms with Gasteiger partial charge >= 0.3 is 5.97 Å². The van der Waals surface area contributed by atoms with Gasteiger partial charge in [0.2, 0.25) is 0 Å². The molecule has 5 heteroatoms. The van der Waals surface area contributed by atoms with Gasteiger partial charge in [0, 0.05) is 13.0 Å². The minimum absolute atomic E-state index is 0.273. The highest BCUT2D eigenvalue weighted by Crippen LogP contribution is 2.25. The largest absolute Gasteiger partial charge is 0.478 e. The summed E-state index contributed by atoms with van der Waals surface area (Å²) in [6, 6.07) is 14.7. The third kappa shape index (κ3) is 4.14. The van der Waals surface area contributed by atoms with Crippen molar-refractivity contribution in [3.63, 3.8) is 0 Å². The molecule has 27 heavy (non-hydrogen) atoms. The predicted octanol–water partition coefficient (Wildman–Crippen LogP) is 4.45. The Bertz CT molecular complexity index is 960. The van der Waals surface area contributed by atoms with Crippen molar-refractivity contribution in [3.05, 3.63) is 77.4 Å². The van der Waals surface area contributed by atoms with Gasteiger partial charge < -0.3 is 9.67 Å². The van der Waals surface area contributed by atoms with E-state index >= 15 is 0 Å². The van der Waals surface area contributed by atoms with Gasteiger partial charge in [0.05, 0.1) is 11.8 Å². The average Bonchev–Trinajstić information content (AvgIpc) is 3.08. The van der Waals surface area contributed by atoms with Gasteiger partial charge in [0.15, 0.2) is 6.29 Å². The number of aldehydes is 1. The molecule has 0 aliphatic carbocycles. The van der Waals surface area contributed by atoms with E-state index in [1.165, 1.54) is 0 Å². The average molecular weight is 362 g/mol. The number of aryl methyl sites for hydroxylation is 1. The fraction of sp³-hybridized carbons (Fsp3) is 0.227. The number of imidazole rings is 1. The van der Waals surface area contributed by atoms with E-state index in [1.54, 1.807) is 18.3 Å². The summed E-state index contributed by atoms with van der Waals surface area (Å²) >= 11 is 0. The number of benzene rings is 2. The second kappa shape index (κ2) is 8.45. The van der Waals surface area contributed by atoms with Crippen molar-refractivity contribution >= 4 is 12.3 Å². The van der Waals surface area contributed by atoms with Crippen molar-refractivity contribution in [1.82, 2.24) is 9.55 Å². The lowest BCUT2D eigenvalue weighted by Gasteiger charge is -2.12. The lowest BCUT2D eigenvalue weighted by atomic mass is 9.98. The first-order valence-electron chi connectivity index (χ1n) is 9.05. The molecule has 0 unspecified atom stereocenters. The van der Waals surface area contributed by atoms with E-state index in [9.17, 15) is 14.7 Å². The Kier molecular flexibility index (Phi) is 5.81. The molecule has 0 saturated carbocycles. The monoisotopic (exact) mass is 362 g/mol. The number of hydrogen-bond acceptors (Lipinski definition) is 3. The molecule has 0 bridgehead atoms. The molecule has 3 rings (SSSR count). The predicted molar refractivity (Wildman–Crippen MR) is 104 cm³/mol. The Morgan fingerprint density at radius 2 is 2.00 bits per heavy atom. The fourth-order valence-electron chi connectivity index (χ4n) is 3.18. The summed E-state index contributed by atoms with van der Waals surface area (Å²) < 4.78 is 1.94. The van der Waals surface area contributed by atoms with E-state index < -0.39 is 5.97 Å². The van der Waals surface area contributed by atoms with E-state index in [2.05, 4.69) is 11.9 Å². The van der Waals surface area contributed by atoms with Crippen molar-refractivity contribution in [3.8, 4) is 11.1 Å². The zero-order chi connectivity index (χ0) is 19.2. The topological polar surface area (TPSA) is 72.2 Å². The van der Waals surface area contributed by atoms with Crippen LogP contribution in [0.1, 0.15) is 52.0 Å². The highest BCUT2D eigenvalue weighted by molar-refractivity contribution is 5.96. The van der Waals surface area contributed by atoms with Crippen molar-refractivity contribution in [2.45, 2.75) is 32.7 Å². The molecule has 138 valence electrons. The minimum Gasteiger partial charge on any atom is -0.478 e. The summed E-state index contributed by atoms with van der Waals surface area (Å²) in [6.07, 6.45) is 5.34. The standard InChI is InChI=1S/C22H22N2O3/c1-2-3-11-21-23-13-18(15-25)24(21)14-16-7-6-8-17(12-16)19-9-4-5-10-20(19)22(26)27/h4-10,12-13,15H,2-3,11,14H2,1H3,(H,26,27). The number of unbranched alkanes of at least 4 members (excludes halogenated alkanes) is 1. The van der Waals surface area contributed by atoms with Crippen molar-refractivity contribution in [2.24, 2.45) is 0 Å². The smallest absolute Gasteiger partial charge is 0.336 e. The molecule has 3 aromatic rings. The van der Waals surface area contributed by atoms with Crippen molar-refractivity contribution in [1.29, 1.82) is 0 Å². The van der Waals surface area contributed by atoms with Gasteiger partial charge in [-0.25, -0.2) is 9.78 Å². The third-order valence-electron chi connectivity index (χ3n) is 4.58. The van der Waals surface area contributed by atoms with E-state index in [0.29, 0.717) is 17.8 Å². The number of hydrogen-bond donors (Lipinski definition) is 1. The van der Waals surface area contributed by atoms with Crippen LogP contribution >= 0.6 is 0 Å². The minimum atomic E-state index is -0.948. The van der Waals surface area contributed by atoms with Gasteiger partial charge in [-0.3, -0.25) is 4.79 Å². The molecule has 0 aliphatic rings. The summed E-state index contributed by atoms with van der Waals surface area (Å²) in [4.78, 5) is 27.3. The molecule has 0 atom stereocenters. The zero-order valence-corrected chi connectivity index (χ0v) is 15.3. The number of aromatic carboxylic acids is 1. The fourth-order valence-corrected chi connectivity index (χ4v) is 3.18. The maximum Gasteiger partial charge on any atom is 0.336 e. The lowest BCUT2D eigenvalue weighted by molar-refractivity contribution is 0.0697. The van der Waals surface area contributed by atoms with E-state index in [4.69, 9.17) is 0 Å². The maximum absolute atomic E-state index is 11.5. The SMILES string of the molecule is CCCCc1ncc(C=O)n1Cc1cccc(-c2ccccc2C(=O)O)c1. The molecule has 0 amide bonds. The van der Waals surface area contributed by atoms with Crippen LogP contribution in [0.4, 0.5) is 0 Å². The molecular weight excluding hydrogens is 340 g/mol. The van der Waals surface area contributed by atoms with Crippen molar-refractivity contribution in [2.75, 3.05) is 0 Å². The number of carbonyl (C=O) groups excluding carboxylic acids is 1. The molecule has 0 saturated heterocycles. The van der Waals surface area contributed by atoms with E-state index in [-0.39, 0.29) is 5.56 Å². The Morgan fingerprint density at radius 1 is 1.19 bits per heavy atom. The third-order valence-corrected chi connectivity index (χ3v) is 4.58. The second-order valence-corrected chi connectivity index (χ2v) is 6.46. The quantitative estimate of drug-likeness (QED) is 0.601. The Labute approximate surface area is 158 Å². The number of carboxylic acid groups (broad SMARTS) is 1. The van der Waals surface area contributed by atoms with Gasteiger partial charge in [-0.05, 0) is 35.2 Å². The summed E-state index contributed by atoms with van der Waals surface area (Å²) in [5.41, 5.74) is 3.34. The van der Waals surface area contributed by atoms with Crippen LogP contribution in [0.15, 0.2) is 54.7 Å². The molecule has 0 aliphatic heterocycles. The van der Waals surface area contributed by atoms with Crippen LogP contribution in [-0.4, -0.2) is 26.9 Å². The van der Waals surface area contributed by atoms with Gasteiger partial charge in [-0.1, -0.05) is 49.7 Å². The highest BCUT2D eigenvalue weighted by atomic mass is 16.4. The first-order valence-corrected chi connectivity index (χ1v) is 9.05. The molecule has 2 aromatic carbocycles. The number of rotatable bonds is 8. The Morgan fingerprint density at radius 3 is 2.74 bits per heavy atom. The van der Waals surface area contributed by atoms with E-state index in [0.717, 1.165) is 42.5 Å². The van der Waals surface area contributed by atoms with Gasteiger partial charge in [-0.15, -0.1) is 0 Å². The summed E-state index contributed by atoms with van der Waals surface area (Å²) in [7, 11) is 0. The van der Waals surface area contributed by atoms with Crippen LogP contribution in [0.25, 0.3) is 11.1 Å². The normalized spacial score (nSPS) is 10.7. The Hall–Kier alpha value is -3.21.